The van der Waals surface area contributed by atoms with Crippen molar-refractivity contribution in [3.05, 3.63) is 29.6 Å². The van der Waals surface area contributed by atoms with Gasteiger partial charge in [0.1, 0.15) is 5.82 Å². The lowest BCUT2D eigenvalue weighted by molar-refractivity contribution is -0.144. The van der Waals surface area contributed by atoms with E-state index < -0.39 is 31.0 Å². The summed E-state index contributed by atoms with van der Waals surface area (Å²) in [5, 5.41) is 2.51. The first kappa shape index (κ1) is 15.3. The standard InChI is InChI=1S/C14H16F3N3O/c1-8-3-4-10-11(7-8)20-13(19-10)9(2)18-12(21)5-6-14(15,16)17/h3-4,7,9H,5-6H2,1-2H3,(H,18,21)(H,19,20)/t9-/m1/s1. The van der Waals surface area contributed by atoms with Gasteiger partial charge in [0.05, 0.1) is 23.5 Å². The number of nitrogens with zero attached hydrogens (tertiary/aromatic N) is 1. The molecule has 0 bridgehead atoms. The molecule has 1 atom stereocenters. The number of benzene rings is 1. The molecule has 0 saturated carbocycles. The zero-order valence-corrected chi connectivity index (χ0v) is 11.7. The predicted octanol–water partition coefficient (Wildman–Crippen LogP) is 3.39. The lowest BCUT2D eigenvalue weighted by atomic mass is 10.2. The van der Waals surface area contributed by atoms with Gasteiger partial charge >= 0.3 is 6.18 Å². The highest BCUT2D eigenvalue weighted by Crippen LogP contribution is 2.22. The van der Waals surface area contributed by atoms with Gasteiger partial charge in [-0.05, 0) is 31.5 Å². The van der Waals surface area contributed by atoms with E-state index in [4.69, 9.17) is 0 Å². The Labute approximate surface area is 119 Å². The molecule has 0 aliphatic rings. The van der Waals surface area contributed by atoms with Crippen molar-refractivity contribution in [2.45, 2.75) is 38.9 Å². The summed E-state index contributed by atoms with van der Waals surface area (Å²) in [6.45, 7) is 3.62. The van der Waals surface area contributed by atoms with Gasteiger partial charge in [-0.15, -0.1) is 0 Å². The summed E-state index contributed by atoms with van der Waals surface area (Å²) in [6.07, 6.45) is -6.02. The van der Waals surface area contributed by atoms with Crippen LogP contribution in [-0.4, -0.2) is 22.1 Å². The Bertz CT molecular complexity index is 648. The molecule has 1 amide bonds. The van der Waals surface area contributed by atoms with E-state index in [0.29, 0.717) is 5.82 Å². The average Bonchev–Trinajstić information content (AvgIpc) is 2.78. The number of aromatic nitrogens is 2. The number of fused-ring (bicyclic) bond motifs is 1. The van der Waals surface area contributed by atoms with E-state index in [1.807, 2.05) is 25.1 Å². The van der Waals surface area contributed by atoms with Crippen LogP contribution in [-0.2, 0) is 4.79 Å². The molecule has 21 heavy (non-hydrogen) atoms. The van der Waals surface area contributed by atoms with Gasteiger partial charge in [-0.2, -0.15) is 13.2 Å². The summed E-state index contributed by atoms with van der Waals surface area (Å²) in [5.74, 6) is -0.118. The van der Waals surface area contributed by atoms with Gasteiger partial charge in [-0.25, -0.2) is 4.98 Å². The first-order valence-corrected chi connectivity index (χ1v) is 6.57. The molecule has 0 unspecified atom stereocenters. The Hall–Kier alpha value is -2.05. The van der Waals surface area contributed by atoms with E-state index in [1.54, 1.807) is 6.92 Å². The molecule has 0 aliphatic carbocycles. The number of halogens is 3. The molecular weight excluding hydrogens is 283 g/mol. The van der Waals surface area contributed by atoms with Crippen LogP contribution in [0.5, 0.6) is 0 Å². The lowest BCUT2D eigenvalue weighted by Crippen LogP contribution is -2.28. The molecule has 2 rings (SSSR count). The third-order valence-electron chi connectivity index (χ3n) is 3.08. The molecule has 114 valence electrons. The van der Waals surface area contributed by atoms with Crippen LogP contribution in [0.3, 0.4) is 0 Å². The second kappa shape index (κ2) is 5.75. The normalized spacial score (nSPS) is 13.4. The molecule has 2 aromatic rings. The molecule has 0 saturated heterocycles. The SMILES string of the molecule is Cc1ccc2nc([C@@H](C)NC(=O)CCC(F)(F)F)[nH]c2c1. The van der Waals surface area contributed by atoms with Gasteiger partial charge in [0.25, 0.3) is 0 Å². The summed E-state index contributed by atoms with van der Waals surface area (Å²) in [4.78, 5) is 18.9. The highest BCUT2D eigenvalue weighted by atomic mass is 19.4. The fourth-order valence-electron chi connectivity index (χ4n) is 1.99. The average molecular weight is 299 g/mol. The number of imidazole rings is 1. The van der Waals surface area contributed by atoms with Crippen LogP contribution in [0.25, 0.3) is 11.0 Å². The Morgan fingerprint density at radius 3 is 2.81 bits per heavy atom. The molecule has 4 nitrogen and oxygen atoms in total. The number of amides is 1. The quantitative estimate of drug-likeness (QED) is 0.909. The number of hydrogen-bond donors (Lipinski definition) is 2. The van der Waals surface area contributed by atoms with Crippen molar-refractivity contribution in [3.63, 3.8) is 0 Å². The van der Waals surface area contributed by atoms with Gasteiger partial charge < -0.3 is 10.3 Å². The largest absolute Gasteiger partial charge is 0.389 e. The van der Waals surface area contributed by atoms with Gasteiger partial charge in [-0.1, -0.05) is 6.07 Å². The molecule has 2 N–H and O–H groups in total. The number of hydrogen-bond acceptors (Lipinski definition) is 2. The number of carbonyl (C=O) groups excluding carboxylic acids is 1. The van der Waals surface area contributed by atoms with Crippen LogP contribution >= 0.6 is 0 Å². The van der Waals surface area contributed by atoms with Gasteiger partial charge in [0.15, 0.2) is 0 Å². The van der Waals surface area contributed by atoms with E-state index in [1.165, 1.54) is 0 Å². The second-order valence-corrected chi connectivity index (χ2v) is 5.05. The highest BCUT2D eigenvalue weighted by molar-refractivity contribution is 5.77. The maximum atomic E-state index is 12.1. The molecule has 7 heteroatoms. The van der Waals surface area contributed by atoms with Crippen molar-refractivity contribution in [2.24, 2.45) is 0 Å². The van der Waals surface area contributed by atoms with Crippen LogP contribution in [0.1, 0.15) is 37.2 Å². The summed E-state index contributed by atoms with van der Waals surface area (Å²) in [5.41, 5.74) is 2.66. The number of rotatable bonds is 4. The maximum absolute atomic E-state index is 12.1. The van der Waals surface area contributed by atoms with Crippen LogP contribution in [0.2, 0.25) is 0 Å². The number of carbonyl (C=O) groups is 1. The van der Waals surface area contributed by atoms with E-state index in [0.717, 1.165) is 16.6 Å². The van der Waals surface area contributed by atoms with E-state index >= 15 is 0 Å². The molecular formula is C14H16F3N3O. The molecule has 0 fully saturated rings. The molecule has 1 heterocycles. The second-order valence-electron chi connectivity index (χ2n) is 5.05. The number of H-pyrrole nitrogens is 1. The molecule has 0 aliphatic heterocycles. The van der Waals surface area contributed by atoms with E-state index in [9.17, 15) is 18.0 Å². The fourth-order valence-corrected chi connectivity index (χ4v) is 1.99. The maximum Gasteiger partial charge on any atom is 0.389 e. The smallest absolute Gasteiger partial charge is 0.346 e. The number of nitrogens with one attached hydrogen (secondary N) is 2. The minimum absolute atomic E-state index is 0.474. The minimum atomic E-state index is -4.32. The third kappa shape index (κ3) is 4.21. The minimum Gasteiger partial charge on any atom is -0.346 e. The lowest BCUT2D eigenvalue weighted by Gasteiger charge is -2.12. The summed E-state index contributed by atoms with van der Waals surface area (Å²) < 4.78 is 36.2. The van der Waals surface area contributed by atoms with Crippen molar-refractivity contribution in [2.75, 3.05) is 0 Å². The third-order valence-corrected chi connectivity index (χ3v) is 3.08. The Morgan fingerprint density at radius 2 is 2.14 bits per heavy atom. The van der Waals surface area contributed by atoms with Gasteiger partial charge in [-0.3, -0.25) is 4.79 Å². The number of aryl methyl sites for hydroxylation is 1. The number of alkyl halides is 3. The topological polar surface area (TPSA) is 57.8 Å². The van der Waals surface area contributed by atoms with E-state index in [-0.39, 0.29) is 0 Å². The molecule has 0 radical (unpaired) electrons. The summed E-state index contributed by atoms with van der Waals surface area (Å²) in [6, 6.07) is 5.21. The van der Waals surface area contributed by atoms with Gasteiger partial charge in [0, 0.05) is 6.42 Å². The zero-order valence-electron chi connectivity index (χ0n) is 11.7. The Balaban J connectivity index is 2.01. The van der Waals surface area contributed by atoms with Crippen LogP contribution in [0, 0.1) is 6.92 Å². The van der Waals surface area contributed by atoms with Crippen LogP contribution in [0.15, 0.2) is 18.2 Å². The highest BCUT2D eigenvalue weighted by Gasteiger charge is 2.28. The van der Waals surface area contributed by atoms with Crippen molar-refractivity contribution >= 4 is 16.9 Å². The van der Waals surface area contributed by atoms with Crippen LogP contribution < -0.4 is 5.32 Å². The fraction of sp³-hybridized carbons (Fsp3) is 0.429. The first-order chi connectivity index (χ1) is 9.74. The Morgan fingerprint density at radius 1 is 1.43 bits per heavy atom. The van der Waals surface area contributed by atoms with E-state index in [2.05, 4.69) is 15.3 Å². The monoisotopic (exact) mass is 299 g/mol. The molecule has 0 spiro atoms. The van der Waals surface area contributed by atoms with Crippen LogP contribution in [0.4, 0.5) is 13.2 Å². The zero-order chi connectivity index (χ0) is 15.6. The summed E-state index contributed by atoms with van der Waals surface area (Å²) >= 11 is 0. The van der Waals surface area contributed by atoms with Crippen molar-refractivity contribution in [3.8, 4) is 0 Å². The molecule has 1 aromatic heterocycles. The number of aromatic amines is 1. The first-order valence-electron chi connectivity index (χ1n) is 6.57. The van der Waals surface area contributed by atoms with Crippen molar-refractivity contribution < 1.29 is 18.0 Å². The predicted molar refractivity (Wildman–Crippen MR) is 72.7 cm³/mol. The summed E-state index contributed by atoms with van der Waals surface area (Å²) in [7, 11) is 0. The van der Waals surface area contributed by atoms with Crippen molar-refractivity contribution in [1.82, 2.24) is 15.3 Å². The van der Waals surface area contributed by atoms with Crippen molar-refractivity contribution in [1.29, 1.82) is 0 Å². The molecule has 1 aromatic carbocycles. The Kier molecular flexibility index (Phi) is 4.20. The van der Waals surface area contributed by atoms with Gasteiger partial charge in [0.2, 0.25) is 5.91 Å².